The molecular weight excluding hydrogens is 873 g/mol. The molecular formula is C53H72N2O13. The molecule has 5 rings (SSSR count). The number of rotatable bonds is 23. The number of nitrogens with zero attached hydrogens (tertiary/aromatic N) is 1. The van der Waals surface area contributed by atoms with Gasteiger partial charge < -0.3 is 43.7 Å². The molecule has 68 heavy (non-hydrogen) atoms. The van der Waals surface area contributed by atoms with Crippen LogP contribution in [0.25, 0.3) is 6.08 Å². The zero-order valence-corrected chi connectivity index (χ0v) is 41.1. The van der Waals surface area contributed by atoms with Crippen LogP contribution in [0, 0.1) is 5.41 Å². The molecule has 2 heterocycles. The number of aliphatic hydroxyl groups is 1. The molecule has 2 amide bonds. The second-order valence-electron chi connectivity index (χ2n) is 19.8. The highest BCUT2D eigenvalue weighted by Gasteiger charge is 2.53. The number of ether oxygens (including phenoxy) is 6. The summed E-state index contributed by atoms with van der Waals surface area (Å²) in [7, 11) is 1.54. The van der Waals surface area contributed by atoms with Crippen molar-refractivity contribution >= 4 is 41.8 Å². The molecule has 0 radical (unpaired) electrons. The Labute approximate surface area is 401 Å². The summed E-state index contributed by atoms with van der Waals surface area (Å²) in [4.78, 5) is 81.9. The number of hydrogen-bond acceptors (Lipinski definition) is 13. The Morgan fingerprint density at radius 2 is 1.63 bits per heavy atom. The SMILES string of the molecule is CCCCCC1(CCCCC)OC2C=C(C(=O)N(C)C(Cc3ccccc3)C(=O)NC(CO)CCC(=O)OC(C)(C)C)CC(OC(=O)c3cccc(C=CC(=O)OC4C(=O)OCC4(C)C)c3)C2O1. The predicted octanol–water partition coefficient (Wildman–Crippen LogP) is 7.36. The average Bonchev–Trinajstić information content (AvgIpc) is 3.80. The molecule has 0 spiro atoms. The zero-order chi connectivity index (χ0) is 49.6. The lowest BCUT2D eigenvalue weighted by Crippen LogP contribution is -2.53. The fourth-order valence-electron chi connectivity index (χ4n) is 8.62. The van der Waals surface area contributed by atoms with Gasteiger partial charge in [-0.25, -0.2) is 14.4 Å². The summed E-state index contributed by atoms with van der Waals surface area (Å²) >= 11 is 0. The number of nitrogens with one attached hydrogen (secondary N) is 1. The Hall–Kier alpha value is -5.38. The molecule has 0 saturated carbocycles. The van der Waals surface area contributed by atoms with Crippen molar-refractivity contribution in [3.05, 3.63) is 89.0 Å². The quantitative estimate of drug-likeness (QED) is 0.0486. The number of cyclic esters (lactones) is 1. The van der Waals surface area contributed by atoms with Crippen LogP contribution in [0.3, 0.4) is 0 Å². The molecule has 2 aromatic carbocycles. The second kappa shape index (κ2) is 24.3. The Morgan fingerprint density at radius 3 is 2.25 bits per heavy atom. The maximum absolute atomic E-state index is 14.8. The van der Waals surface area contributed by atoms with Gasteiger partial charge in [-0.3, -0.25) is 14.4 Å². The summed E-state index contributed by atoms with van der Waals surface area (Å²) in [5.41, 5.74) is 0.361. The van der Waals surface area contributed by atoms with Crippen molar-refractivity contribution in [1.82, 2.24) is 10.2 Å². The van der Waals surface area contributed by atoms with Crippen molar-refractivity contribution < 1.29 is 62.3 Å². The molecule has 6 unspecified atom stereocenters. The van der Waals surface area contributed by atoms with Gasteiger partial charge in [0, 0.05) is 56.2 Å². The molecule has 2 aromatic rings. The fourth-order valence-corrected chi connectivity index (χ4v) is 8.62. The van der Waals surface area contributed by atoms with Crippen LogP contribution in [0.1, 0.15) is 141 Å². The van der Waals surface area contributed by atoms with E-state index in [1.165, 1.54) is 17.1 Å². The van der Waals surface area contributed by atoms with E-state index in [4.69, 9.17) is 28.4 Å². The number of carbonyl (C=O) groups excluding carboxylic acids is 6. The number of fused-ring (bicyclic) bond motifs is 1. The lowest BCUT2D eigenvalue weighted by molar-refractivity contribution is -0.190. The summed E-state index contributed by atoms with van der Waals surface area (Å²) < 4.78 is 35.9. The van der Waals surface area contributed by atoms with E-state index in [2.05, 4.69) is 19.2 Å². The van der Waals surface area contributed by atoms with Crippen molar-refractivity contribution in [3.63, 3.8) is 0 Å². The van der Waals surface area contributed by atoms with Crippen LogP contribution in [0.5, 0.6) is 0 Å². The van der Waals surface area contributed by atoms with Crippen LogP contribution in [0.4, 0.5) is 0 Å². The Kier molecular flexibility index (Phi) is 19.1. The summed E-state index contributed by atoms with van der Waals surface area (Å²) in [5, 5.41) is 13.1. The number of likely N-dealkylation sites (N-methyl/N-ethyl adjacent to an activating group) is 1. The molecule has 2 N–H and O–H groups in total. The van der Waals surface area contributed by atoms with E-state index >= 15 is 0 Å². The van der Waals surface area contributed by atoms with Gasteiger partial charge in [-0.1, -0.05) is 95.8 Å². The van der Waals surface area contributed by atoms with E-state index in [0.717, 1.165) is 44.1 Å². The van der Waals surface area contributed by atoms with Crippen molar-refractivity contribution in [2.24, 2.45) is 5.41 Å². The first-order chi connectivity index (χ1) is 32.3. The van der Waals surface area contributed by atoms with Gasteiger partial charge in [0.1, 0.15) is 36.6 Å². The number of unbranched alkanes of at least 4 members (excludes halogenated alkanes) is 4. The number of aliphatic hydroxyl groups excluding tert-OH is 1. The normalized spacial score (nSPS) is 21.5. The highest BCUT2D eigenvalue weighted by Crippen LogP contribution is 2.43. The summed E-state index contributed by atoms with van der Waals surface area (Å²) in [6.07, 6.45) is 7.91. The van der Waals surface area contributed by atoms with Crippen LogP contribution in [0.15, 0.2) is 72.3 Å². The van der Waals surface area contributed by atoms with Crippen LogP contribution in [-0.4, -0.2) is 114 Å². The fraction of sp³-hybridized carbons (Fsp3) is 0.585. The average molecular weight is 945 g/mol. The van der Waals surface area contributed by atoms with E-state index in [1.54, 1.807) is 72.0 Å². The molecule has 2 saturated heterocycles. The third-order valence-corrected chi connectivity index (χ3v) is 12.4. The third kappa shape index (κ3) is 15.1. The Morgan fingerprint density at radius 1 is 0.941 bits per heavy atom. The van der Waals surface area contributed by atoms with Gasteiger partial charge in [0.25, 0.3) is 0 Å². The number of benzene rings is 2. The monoisotopic (exact) mass is 945 g/mol. The van der Waals surface area contributed by atoms with Crippen LogP contribution in [0.2, 0.25) is 0 Å². The maximum Gasteiger partial charge on any atom is 0.348 e. The van der Waals surface area contributed by atoms with Gasteiger partial charge in [-0.05, 0) is 75.4 Å². The molecule has 2 fully saturated rings. The van der Waals surface area contributed by atoms with Crippen molar-refractivity contribution in [3.8, 4) is 0 Å². The van der Waals surface area contributed by atoms with Gasteiger partial charge in [-0.15, -0.1) is 0 Å². The number of amides is 2. The molecule has 15 nitrogen and oxygen atoms in total. The highest BCUT2D eigenvalue weighted by molar-refractivity contribution is 5.98. The number of esters is 4. The largest absolute Gasteiger partial charge is 0.462 e. The van der Waals surface area contributed by atoms with Crippen molar-refractivity contribution in [2.45, 2.75) is 173 Å². The minimum Gasteiger partial charge on any atom is -0.462 e. The second-order valence-corrected chi connectivity index (χ2v) is 19.8. The molecule has 3 aliphatic rings. The topological polar surface area (TPSA) is 193 Å². The Balaban J connectivity index is 1.40. The first kappa shape index (κ1) is 53.6. The van der Waals surface area contributed by atoms with Crippen molar-refractivity contribution in [2.75, 3.05) is 20.3 Å². The summed E-state index contributed by atoms with van der Waals surface area (Å²) in [6, 6.07) is 13.9. The lowest BCUT2D eigenvalue weighted by atomic mass is 9.90. The van der Waals surface area contributed by atoms with Gasteiger partial charge in [0.2, 0.25) is 17.9 Å². The zero-order valence-electron chi connectivity index (χ0n) is 41.1. The molecule has 0 aromatic heterocycles. The standard InChI is InChI=1S/C53H72N2O13/c1-9-11-16-27-53(28-17-12-10-2)66-42-32-38(48(60)55(8)40(30-35-19-14-13-15-20-35)47(59)54-39(33-56)24-26-44(58)67-51(3,4)5)31-41(45(42)68-53)64-49(61)37-22-18-21-36(29-37)23-25-43(57)65-46-50(62)63-34-52(46,6)7/h13-15,18-23,25,29,32,39-42,45-46,56H,9-12,16-17,24,26-28,30-31,33-34H2,1-8H3,(H,54,59). The number of carbonyl (C=O) groups is 6. The lowest BCUT2D eigenvalue weighted by Gasteiger charge is -2.34. The molecule has 6 atom stereocenters. The van der Waals surface area contributed by atoms with Crippen LogP contribution < -0.4 is 5.32 Å². The first-order valence-electron chi connectivity index (χ1n) is 24.1. The van der Waals surface area contributed by atoms with Crippen LogP contribution >= 0.6 is 0 Å². The van der Waals surface area contributed by atoms with E-state index in [-0.39, 0.29) is 43.4 Å². The van der Waals surface area contributed by atoms with Gasteiger partial charge >= 0.3 is 23.9 Å². The van der Waals surface area contributed by atoms with E-state index in [9.17, 15) is 33.9 Å². The minimum atomic E-state index is -1.05. The van der Waals surface area contributed by atoms with Crippen molar-refractivity contribution in [1.29, 1.82) is 0 Å². The summed E-state index contributed by atoms with van der Waals surface area (Å²) in [5.74, 6) is -4.48. The molecule has 372 valence electrons. The van der Waals surface area contributed by atoms with Crippen LogP contribution in [-0.2, 0) is 58.8 Å². The molecule has 0 bridgehead atoms. The minimum absolute atomic E-state index is 0.0368. The third-order valence-electron chi connectivity index (χ3n) is 12.4. The van der Waals surface area contributed by atoms with E-state index < -0.39 is 95.6 Å². The van der Waals surface area contributed by atoms with Gasteiger partial charge in [0.05, 0.1) is 18.2 Å². The maximum atomic E-state index is 14.8. The molecule has 2 aliphatic heterocycles. The first-order valence-corrected chi connectivity index (χ1v) is 24.1. The number of hydrogen-bond donors (Lipinski definition) is 2. The summed E-state index contributed by atoms with van der Waals surface area (Å²) in [6.45, 7) is 12.8. The highest BCUT2D eigenvalue weighted by atomic mass is 16.8. The van der Waals surface area contributed by atoms with Gasteiger partial charge in [-0.2, -0.15) is 0 Å². The molecule has 15 heteroatoms. The Bertz CT molecular complexity index is 2120. The van der Waals surface area contributed by atoms with Gasteiger partial charge in [0.15, 0.2) is 5.79 Å². The van der Waals surface area contributed by atoms with E-state index in [1.807, 2.05) is 30.3 Å². The van der Waals surface area contributed by atoms with E-state index in [0.29, 0.717) is 18.4 Å². The predicted molar refractivity (Wildman–Crippen MR) is 254 cm³/mol. The molecule has 1 aliphatic carbocycles. The smallest absolute Gasteiger partial charge is 0.348 e.